The molecule has 0 unspecified atom stereocenters. The molecule has 2 aromatic carbocycles. The molecule has 532 valence electrons. The maximum atomic E-state index is 13.9. The fourth-order valence-corrected chi connectivity index (χ4v) is 15.6. The first kappa shape index (κ1) is 90.0. The van der Waals surface area contributed by atoms with Crippen LogP contribution in [0.4, 0.5) is 11.4 Å². The van der Waals surface area contributed by atoms with Gasteiger partial charge in [-0.25, -0.2) is 0 Å². The van der Waals surface area contributed by atoms with Gasteiger partial charge in [0.15, 0.2) is 33.3 Å². The van der Waals surface area contributed by atoms with Crippen molar-refractivity contribution in [3.8, 4) is 0 Å². The number of carbonyl (C=O) groups excluding carboxylic acids is 1. The van der Waals surface area contributed by atoms with Crippen LogP contribution in [0.1, 0.15) is 159 Å². The SMILES string of the molecule is COCCOCCOCCN(C(=O)CCC(C)(C)SSC)c1cc(CO[Si](C)(C)C(C)(C)C)cc(CO[Si](C)(C)C(C)(C)C)c1.COCCOCCOCCNc1cc(CO[Si](C)(C)C(C)(C)C)cc(CO[Si](C)(C)C(C)(C)C)c1.CSSC(C)(C)CCC(=O)O. The molecule has 0 radical (unpaired) electrons. The molecular formula is C68H132N2O13S4Si4. The minimum atomic E-state index is -1.98. The van der Waals surface area contributed by atoms with Crippen LogP contribution in [0, 0.1) is 0 Å². The molecule has 23 heteroatoms. The van der Waals surface area contributed by atoms with E-state index in [1.165, 1.54) is 11.1 Å². The Labute approximate surface area is 576 Å². The molecule has 0 atom stereocenters. The number of ether oxygens (including phenoxy) is 6. The first-order valence-corrected chi connectivity index (χ1v) is 49.3. The van der Waals surface area contributed by atoms with E-state index in [2.05, 4.69) is 211 Å². The van der Waals surface area contributed by atoms with Crippen molar-refractivity contribution in [2.75, 3.05) is 116 Å². The highest BCUT2D eigenvalue weighted by molar-refractivity contribution is 8.77. The fraction of sp³-hybridized carbons (Fsp3) is 0.794. The zero-order chi connectivity index (χ0) is 70.2. The van der Waals surface area contributed by atoms with Crippen LogP contribution >= 0.6 is 43.2 Å². The van der Waals surface area contributed by atoms with Crippen LogP contribution in [0.25, 0.3) is 0 Å². The Bertz CT molecular complexity index is 2240. The minimum absolute atomic E-state index is 0.00217. The normalized spacial score (nSPS) is 13.1. The van der Waals surface area contributed by atoms with Gasteiger partial charge >= 0.3 is 5.97 Å². The average molecular weight is 1430 g/mol. The lowest BCUT2D eigenvalue weighted by Gasteiger charge is -2.37. The highest BCUT2D eigenvalue weighted by Crippen LogP contribution is 2.42. The van der Waals surface area contributed by atoms with E-state index in [4.69, 9.17) is 51.2 Å². The molecule has 0 aliphatic heterocycles. The summed E-state index contributed by atoms with van der Waals surface area (Å²) in [5.41, 5.74) is 6.45. The summed E-state index contributed by atoms with van der Waals surface area (Å²) < 4.78 is 59.0. The van der Waals surface area contributed by atoms with E-state index in [-0.39, 0.29) is 42.0 Å². The number of amides is 1. The fourth-order valence-electron chi connectivity index (χ4n) is 7.25. The number of anilines is 2. The molecule has 0 saturated heterocycles. The number of rotatable bonds is 42. The van der Waals surface area contributed by atoms with Crippen molar-refractivity contribution in [2.24, 2.45) is 0 Å². The van der Waals surface area contributed by atoms with Gasteiger partial charge in [0.2, 0.25) is 5.91 Å². The van der Waals surface area contributed by atoms with Crippen LogP contribution in [-0.4, -0.2) is 166 Å². The van der Waals surface area contributed by atoms with Gasteiger partial charge in [-0.05, 0) is 172 Å². The van der Waals surface area contributed by atoms with Gasteiger partial charge in [0.1, 0.15) is 0 Å². The highest BCUT2D eigenvalue weighted by Gasteiger charge is 2.40. The predicted molar refractivity (Wildman–Crippen MR) is 405 cm³/mol. The van der Waals surface area contributed by atoms with Gasteiger partial charge in [0.05, 0.1) is 92.5 Å². The number of carboxylic acids is 1. The summed E-state index contributed by atoms with van der Waals surface area (Å²) in [6.45, 7) is 63.0. The van der Waals surface area contributed by atoms with E-state index in [0.717, 1.165) is 41.9 Å². The Morgan fingerprint density at radius 2 is 0.758 bits per heavy atom. The molecule has 0 aromatic heterocycles. The van der Waals surface area contributed by atoms with Crippen molar-refractivity contribution in [2.45, 2.75) is 245 Å². The molecule has 91 heavy (non-hydrogen) atoms. The third-order valence-corrected chi connectivity index (χ3v) is 40.7. The lowest BCUT2D eigenvalue weighted by molar-refractivity contribution is -0.137. The van der Waals surface area contributed by atoms with Gasteiger partial charge in [-0.2, -0.15) is 0 Å². The van der Waals surface area contributed by atoms with Crippen LogP contribution in [0.15, 0.2) is 36.4 Å². The molecule has 1 amide bonds. The zero-order valence-corrected chi connectivity index (χ0v) is 69.8. The first-order valence-electron chi connectivity index (χ1n) is 32.5. The van der Waals surface area contributed by atoms with E-state index in [0.29, 0.717) is 105 Å². The first-order chi connectivity index (χ1) is 41.7. The summed E-state index contributed by atoms with van der Waals surface area (Å²) in [6, 6.07) is 13.1. The molecular weight excluding hydrogens is 1290 g/mol. The second kappa shape index (κ2) is 42.8. The number of carboxylic acid groups (broad SMARTS) is 1. The number of nitrogens with one attached hydrogen (secondary N) is 1. The average Bonchev–Trinajstić information content (AvgIpc) is 0.930. The molecule has 15 nitrogen and oxygen atoms in total. The van der Waals surface area contributed by atoms with Crippen LogP contribution in [-0.2, 0) is 82.1 Å². The van der Waals surface area contributed by atoms with E-state index in [9.17, 15) is 9.59 Å². The molecule has 0 saturated carbocycles. The molecule has 0 aliphatic rings. The monoisotopic (exact) mass is 1420 g/mol. The molecule has 0 bridgehead atoms. The Kier molecular flexibility index (Phi) is 42.3. The minimum Gasteiger partial charge on any atom is -0.481 e. The third-order valence-electron chi connectivity index (χ3n) is 17.5. The predicted octanol–water partition coefficient (Wildman–Crippen LogP) is 18.8. The number of hydrogen-bond donors (Lipinski definition) is 2. The van der Waals surface area contributed by atoms with Crippen LogP contribution in [0.3, 0.4) is 0 Å². The molecule has 0 fully saturated rings. The van der Waals surface area contributed by atoms with Gasteiger partial charge in [0, 0.05) is 61.0 Å². The van der Waals surface area contributed by atoms with Crippen LogP contribution in [0.5, 0.6) is 0 Å². The number of aliphatic carboxylic acids is 1. The van der Waals surface area contributed by atoms with Gasteiger partial charge in [-0.1, -0.05) is 138 Å². The standard InChI is InChI=1S/C34H65NO6S2Si2.C27H53NO5Si2.C7H14O2S2/c1-32(2,3)44(11,12)40-26-28-23-29(27-41-45(13,14)33(4,5)6)25-30(24-28)35(17-18-38-21-22-39-20-19-37-9)31(36)15-16-34(7,8)43-42-10;1-26(2,3)34(8,9)32-21-23-18-24(22-33-35(10,11)27(4,5)6)20-25(19-23)28-12-13-30-16-17-31-15-14-29-7;1-7(2,11-10-3)5-4-6(8)9/h23-25H,15-22,26-27H2,1-14H3;18-20,28H,12-17,21-22H2,1-11H3;4-5H2,1-3H3,(H,8,9). The third kappa shape index (κ3) is 38.7. The Hall–Kier alpha value is -0.952. The second-order valence-electron chi connectivity index (χ2n) is 30.6. The summed E-state index contributed by atoms with van der Waals surface area (Å²) in [5.74, 6) is -0.608. The number of methoxy groups -OCH3 is 2. The zero-order valence-electron chi connectivity index (χ0n) is 62.5. The summed E-state index contributed by atoms with van der Waals surface area (Å²) in [5, 5.41) is 12.5. The number of benzene rings is 2. The quantitative estimate of drug-likeness (QED) is 0.0366. The Morgan fingerprint density at radius 1 is 0.451 bits per heavy atom. The van der Waals surface area contributed by atoms with E-state index in [1.54, 1.807) is 46.6 Å². The topological polar surface area (TPSA) is 162 Å². The lowest BCUT2D eigenvalue weighted by Crippen LogP contribution is -2.40. The molecule has 2 rings (SSSR count). The molecule has 2 N–H and O–H groups in total. The van der Waals surface area contributed by atoms with E-state index >= 15 is 0 Å². The van der Waals surface area contributed by atoms with Crippen LogP contribution < -0.4 is 10.2 Å². The maximum Gasteiger partial charge on any atom is 0.303 e. The lowest BCUT2D eigenvalue weighted by atomic mass is 10.1. The molecule has 0 aliphatic carbocycles. The van der Waals surface area contributed by atoms with E-state index < -0.39 is 39.2 Å². The highest BCUT2D eigenvalue weighted by atomic mass is 33.1. The van der Waals surface area contributed by atoms with Crippen molar-refractivity contribution in [1.29, 1.82) is 0 Å². The van der Waals surface area contributed by atoms with Gasteiger partial charge in [-0.15, -0.1) is 0 Å². The Morgan fingerprint density at radius 3 is 1.08 bits per heavy atom. The van der Waals surface area contributed by atoms with Crippen molar-refractivity contribution in [1.82, 2.24) is 0 Å². The second-order valence-corrected chi connectivity index (χ2v) is 56.0. The van der Waals surface area contributed by atoms with Crippen molar-refractivity contribution in [3.05, 3.63) is 58.7 Å². The maximum absolute atomic E-state index is 13.9. The van der Waals surface area contributed by atoms with Crippen molar-refractivity contribution >= 4 is 99.7 Å². The summed E-state index contributed by atoms with van der Waals surface area (Å²) in [6.07, 6.45) is 6.34. The molecule has 0 heterocycles. The molecule has 0 spiro atoms. The van der Waals surface area contributed by atoms with Gasteiger partial charge < -0.3 is 61.4 Å². The van der Waals surface area contributed by atoms with Gasteiger partial charge in [-0.3, -0.25) is 9.59 Å². The van der Waals surface area contributed by atoms with Crippen LogP contribution in [0.2, 0.25) is 72.5 Å². The summed E-state index contributed by atoms with van der Waals surface area (Å²) >= 11 is 0. The largest absolute Gasteiger partial charge is 0.481 e. The summed E-state index contributed by atoms with van der Waals surface area (Å²) in [4.78, 5) is 26.1. The summed E-state index contributed by atoms with van der Waals surface area (Å²) in [7, 11) is 2.68. The van der Waals surface area contributed by atoms with Gasteiger partial charge in [0.25, 0.3) is 0 Å². The Balaban J connectivity index is 0.00000156. The van der Waals surface area contributed by atoms with Crippen molar-refractivity contribution in [3.63, 3.8) is 0 Å². The number of carbonyl (C=O) groups is 2. The number of hydrogen-bond acceptors (Lipinski definition) is 17. The smallest absolute Gasteiger partial charge is 0.303 e. The molecule has 2 aromatic rings. The van der Waals surface area contributed by atoms with Crippen molar-refractivity contribution < 1.29 is 60.8 Å². The number of nitrogens with zero attached hydrogens (tertiary/aromatic N) is 1. The van der Waals surface area contributed by atoms with E-state index in [1.807, 2.05) is 21.9 Å².